The first-order valence-electron chi connectivity index (χ1n) is 12.1. The van der Waals surface area contributed by atoms with E-state index in [0.717, 1.165) is 29.8 Å². The zero-order valence-corrected chi connectivity index (χ0v) is 20.2. The molecule has 186 valence electrons. The minimum atomic E-state index is -1.09. The molecule has 2 atom stereocenters. The molecule has 3 aliphatic heterocycles. The van der Waals surface area contributed by atoms with Gasteiger partial charge in [0.15, 0.2) is 0 Å². The monoisotopic (exact) mass is 488 g/mol. The van der Waals surface area contributed by atoms with Gasteiger partial charge >= 0.3 is 0 Å². The van der Waals surface area contributed by atoms with Crippen LogP contribution >= 0.6 is 0 Å². The van der Waals surface area contributed by atoms with Crippen molar-refractivity contribution in [2.45, 2.75) is 44.5 Å². The van der Waals surface area contributed by atoms with Crippen LogP contribution in [0.5, 0.6) is 5.75 Å². The zero-order valence-electron chi connectivity index (χ0n) is 20.2. The second kappa shape index (κ2) is 9.72. The number of imide groups is 1. The maximum atomic E-state index is 13.2. The number of benzene rings is 2. The van der Waals surface area contributed by atoms with Crippen LogP contribution in [0.1, 0.15) is 52.9 Å². The van der Waals surface area contributed by atoms with Crippen molar-refractivity contribution in [2.24, 2.45) is 0 Å². The highest BCUT2D eigenvalue weighted by atomic mass is 16.5. The summed E-state index contributed by atoms with van der Waals surface area (Å²) in [5, 5.41) is 12.1. The first-order valence-corrected chi connectivity index (χ1v) is 12.1. The first-order chi connectivity index (χ1) is 17.4. The van der Waals surface area contributed by atoms with Crippen molar-refractivity contribution in [2.75, 3.05) is 26.3 Å². The lowest BCUT2D eigenvalue weighted by molar-refractivity contribution is -0.142. The van der Waals surface area contributed by atoms with Crippen LogP contribution in [0.2, 0.25) is 0 Å². The highest BCUT2D eigenvalue weighted by molar-refractivity contribution is 6.07. The highest BCUT2D eigenvalue weighted by Gasteiger charge is 2.49. The van der Waals surface area contributed by atoms with E-state index in [1.807, 2.05) is 30.3 Å². The lowest BCUT2D eigenvalue weighted by atomic mass is 9.89. The molecule has 3 amide bonds. The van der Waals surface area contributed by atoms with Crippen LogP contribution in [0.15, 0.2) is 42.5 Å². The predicted octanol–water partition coefficient (Wildman–Crippen LogP) is 2.31. The molecule has 0 saturated carbocycles. The number of rotatable bonds is 6. The second-order valence-electron chi connectivity index (χ2n) is 9.53. The molecule has 2 fully saturated rings. The molecule has 0 aliphatic carbocycles. The molecular weight excluding hydrogens is 460 g/mol. The number of hydrogen-bond donors (Lipinski definition) is 1. The third-order valence-corrected chi connectivity index (χ3v) is 7.32. The Bertz CT molecular complexity index is 1230. The number of ether oxygens (including phenoxy) is 2. The van der Waals surface area contributed by atoms with Crippen LogP contribution in [0.3, 0.4) is 0 Å². The van der Waals surface area contributed by atoms with Gasteiger partial charge in [0.25, 0.3) is 11.8 Å². The van der Waals surface area contributed by atoms with Gasteiger partial charge in [0.2, 0.25) is 5.91 Å². The summed E-state index contributed by atoms with van der Waals surface area (Å²) in [5.74, 6) is -0.415. The molecule has 3 aliphatic rings. The molecule has 1 N–H and O–H groups in total. The summed E-state index contributed by atoms with van der Waals surface area (Å²) in [6, 6.07) is 15.2. The van der Waals surface area contributed by atoms with Crippen LogP contribution in [-0.2, 0) is 27.5 Å². The van der Waals surface area contributed by atoms with Crippen molar-refractivity contribution >= 4 is 17.7 Å². The molecular formula is C27H28N4O5. The van der Waals surface area contributed by atoms with E-state index in [0.29, 0.717) is 31.1 Å². The number of fused-ring (bicyclic) bond motifs is 1. The van der Waals surface area contributed by atoms with Gasteiger partial charge in [-0.25, -0.2) is 0 Å². The molecule has 1 unspecified atom stereocenters. The molecule has 9 heteroatoms. The summed E-state index contributed by atoms with van der Waals surface area (Å²) >= 11 is 0. The summed E-state index contributed by atoms with van der Waals surface area (Å²) in [4.78, 5) is 41.1. The maximum absolute atomic E-state index is 13.2. The normalized spacial score (nSPS) is 23.1. The highest BCUT2D eigenvalue weighted by Crippen LogP contribution is 2.38. The molecule has 0 radical (unpaired) electrons. The third kappa shape index (κ3) is 4.34. The summed E-state index contributed by atoms with van der Waals surface area (Å²) < 4.78 is 11.5. The van der Waals surface area contributed by atoms with E-state index in [9.17, 15) is 19.6 Å². The second-order valence-corrected chi connectivity index (χ2v) is 9.53. The van der Waals surface area contributed by atoms with Crippen molar-refractivity contribution in [3.63, 3.8) is 0 Å². The SMILES string of the molecule is C[C@@]1(N2Cc3c(OCc4ccc(C(C#N)N5CCOCC5)cc4)cccc3C2=O)CCC(=O)NC1=O. The number of amides is 3. The van der Waals surface area contributed by atoms with Gasteiger partial charge in [-0.15, -0.1) is 0 Å². The fourth-order valence-corrected chi connectivity index (χ4v) is 5.05. The van der Waals surface area contributed by atoms with Crippen LogP contribution in [-0.4, -0.2) is 59.4 Å². The predicted molar refractivity (Wildman–Crippen MR) is 129 cm³/mol. The van der Waals surface area contributed by atoms with Gasteiger partial charge in [-0.2, -0.15) is 5.26 Å². The largest absolute Gasteiger partial charge is 0.489 e. The molecule has 3 heterocycles. The summed E-state index contributed by atoms with van der Waals surface area (Å²) in [7, 11) is 0. The van der Waals surface area contributed by atoms with E-state index in [1.165, 1.54) is 4.90 Å². The molecule has 0 aromatic heterocycles. The summed E-state index contributed by atoms with van der Waals surface area (Å²) in [6.07, 6.45) is 0.480. The Hall–Kier alpha value is -3.74. The van der Waals surface area contributed by atoms with Gasteiger partial charge in [-0.1, -0.05) is 30.3 Å². The number of nitrogens with zero attached hydrogens (tertiary/aromatic N) is 3. The Morgan fingerprint density at radius 2 is 1.89 bits per heavy atom. The number of carbonyl (C=O) groups is 3. The lowest BCUT2D eigenvalue weighted by Gasteiger charge is -2.39. The van der Waals surface area contributed by atoms with Crippen LogP contribution in [0.4, 0.5) is 0 Å². The Morgan fingerprint density at radius 3 is 2.58 bits per heavy atom. The van der Waals surface area contributed by atoms with Crippen LogP contribution in [0.25, 0.3) is 0 Å². The van der Waals surface area contributed by atoms with Crippen molar-refractivity contribution in [3.05, 3.63) is 64.7 Å². The van der Waals surface area contributed by atoms with Crippen molar-refractivity contribution in [1.82, 2.24) is 15.1 Å². The smallest absolute Gasteiger partial charge is 0.255 e. The van der Waals surface area contributed by atoms with E-state index in [1.54, 1.807) is 19.1 Å². The van der Waals surface area contributed by atoms with E-state index in [4.69, 9.17) is 9.47 Å². The Labute approximate surface area is 209 Å². The fraction of sp³-hybridized carbons (Fsp3) is 0.407. The van der Waals surface area contributed by atoms with Gasteiger partial charge in [0.1, 0.15) is 23.9 Å². The number of nitriles is 1. The molecule has 2 saturated heterocycles. The van der Waals surface area contributed by atoms with E-state index in [-0.39, 0.29) is 37.2 Å². The van der Waals surface area contributed by atoms with Gasteiger partial charge in [-0.3, -0.25) is 24.6 Å². The molecule has 2 aromatic carbocycles. The number of morpholine rings is 1. The number of nitrogens with one attached hydrogen (secondary N) is 1. The lowest BCUT2D eigenvalue weighted by Crippen LogP contribution is -2.61. The minimum absolute atomic E-state index is 0.194. The van der Waals surface area contributed by atoms with Gasteiger partial charge in [0, 0.05) is 30.6 Å². The fourth-order valence-electron chi connectivity index (χ4n) is 5.05. The number of hydrogen-bond acceptors (Lipinski definition) is 7. The Balaban J connectivity index is 1.28. The zero-order chi connectivity index (χ0) is 25.3. The molecule has 36 heavy (non-hydrogen) atoms. The third-order valence-electron chi connectivity index (χ3n) is 7.32. The van der Waals surface area contributed by atoms with E-state index >= 15 is 0 Å². The first kappa shape index (κ1) is 24.0. The van der Waals surface area contributed by atoms with Crippen LogP contribution in [0, 0.1) is 11.3 Å². The van der Waals surface area contributed by atoms with Crippen molar-refractivity contribution in [1.29, 1.82) is 5.26 Å². The average molecular weight is 489 g/mol. The van der Waals surface area contributed by atoms with Crippen molar-refractivity contribution in [3.8, 4) is 11.8 Å². The maximum Gasteiger partial charge on any atom is 0.255 e. The molecule has 9 nitrogen and oxygen atoms in total. The minimum Gasteiger partial charge on any atom is -0.489 e. The molecule has 2 aromatic rings. The van der Waals surface area contributed by atoms with E-state index < -0.39 is 11.4 Å². The molecule has 5 rings (SSSR count). The quantitative estimate of drug-likeness (QED) is 0.621. The average Bonchev–Trinajstić information content (AvgIpc) is 3.25. The topological polar surface area (TPSA) is 112 Å². The van der Waals surface area contributed by atoms with Crippen LogP contribution < -0.4 is 10.1 Å². The number of piperidine rings is 1. The van der Waals surface area contributed by atoms with Gasteiger partial charge < -0.3 is 14.4 Å². The summed E-state index contributed by atoms with van der Waals surface area (Å²) in [5.41, 5.74) is 2.03. The molecule has 0 bridgehead atoms. The van der Waals surface area contributed by atoms with Gasteiger partial charge in [0.05, 0.1) is 25.8 Å². The number of carbonyl (C=O) groups excluding carboxylic acids is 3. The van der Waals surface area contributed by atoms with Crippen molar-refractivity contribution < 1.29 is 23.9 Å². The Kier molecular flexibility index (Phi) is 6.48. The molecule has 0 spiro atoms. The van der Waals surface area contributed by atoms with Gasteiger partial charge in [-0.05, 0) is 36.6 Å². The Morgan fingerprint density at radius 1 is 1.14 bits per heavy atom. The standard InChI is InChI=1S/C27H28N4O5/c1-27(10-9-24(32)29-26(27)34)31-16-21-20(25(31)33)3-2-4-23(21)36-17-18-5-7-19(8-6-18)22(15-28)30-11-13-35-14-12-30/h2-8,22H,9-14,16-17H2,1H3,(H,29,32,34)/t22?,27-/m1/s1. The summed E-state index contributed by atoms with van der Waals surface area (Å²) in [6.45, 7) is 4.97. The van der Waals surface area contributed by atoms with E-state index in [2.05, 4.69) is 16.3 Å².